The van der Waals surface area contributed by atoms with E-state index >= 15 is 0 Å². The van der Waals surface area contributed by atoms with E-state index in [2.05, 4.69) is 20.8 Å². The molecule has 0 radical (unpaired) electrons. The summed E-state index contributed by atoms with van der Waals surface area (Å²) in [5, 5.41) is 10.2. The molecule has 0 aliphatic heterocycles. The highest BCUT2D eigenvalue weighted by atomic mass is 16.6. The standard InChI is InChI=1S/C17H32O3/c1-8-15(5,6)17(20-13(18)14(2,3)4)11-9-16(7,19)10-12-17/h19H,8-12H2,1-7H3. The van der Waals surface area contributed by atoms with Crippen LogP contribution in [-0.2, 0) is 9.53 Å². The highest BCUT2D eigenvalue weighted by Crippen LogP contribution is 2.49. The zero-order valence-corrected chi connectivity index (χ0v) is 14.3. The van der Waals surface area contributed by atoms with E-state index in [1.807, 2.05) is 27.7 Å². The maximum atomic E-state index is 12.4. The zero-order valence-electron chi connectivity index (χ0n) is 14.3. The van der Waals surface area contributed by atoms with Gasteiger partial charge in [-0.3, -0.25) is 4.79 Å². The molecule has 3 heteroatoms. The lowest BCUT2D eigenvalue weighted by Crippen LogP contribution is -2.54. The van der Waals surface area contributed by atoms with Crippen LogP contribution in [-0.4, -0.2) is 22.3 Å². The summed E-state index contributed by atoms with van der Waals surface area (Å²) in [4.78, 5) is 12.4. The molecule has 0 saturated heterocycles. The minimum absolute atomic E-state index is 0.0790. The van der Waals surface area contributed by atoms with Gasteiger partial charge < -0.3 is 9.84 Å². The highest BCUT2D eigenvalue weighted by molar-refractivity contribution is 5.76. The molecule has 1 aliphatic rings. The first-order chi connectivity index (χ1) is 8.85. The van der Waals surface area contributed by atoms with Gasteiger partial charge in [0, 0.05) is 5.41 Å². The Hall–Kier alpha value is -0.570. The van der Waals surface area contributed by atoms with E-state index in [9.17, 15) is 9.90 Å². The monoisotopic (exact) mass is 284 g/mol. The lowest BCUT2D eigenvalue weighted by Gasteiger charge is -2.51. The average molecular weight is 284 g/mol. The fraction of sp³-hybridized carbons (Fsp3) is 0.941. The maximum Gasteiger partial charge on any atom is 0.311 e. The molecule has 1 rings (SSSR count). The number of rotatable bonds is 3. The van der Waals surface area contributed by atoms with Crippen LogP contribution in [0, 0.1) is 10.8 Å². The first kappa shape index (κ1) is 17.5. The van der Waals surface area contributed by atoms with Crippen LogP contribution < -0.4 is 0 Å². The Morgan fingerprint density at radius 2 is 1.55 bits per heavy atom. The van der Waals surface area contributed by atoms with Crippen LogP contribution in [0.1, 0.15) is 80.6 Å². The Morgan fingerprint density at radius 3 is 1.90 bits per heavy atom. The number of esters is 1. The minimum Gasteiger partial charge on any atom is -0.458 e. The van der Waals surface area contributed by atoms with Gasteiger partial charge in [-0.1, -0.05) is 20.8 Å². The SMILES string of the molecule is CCC(C)(C)C1(OC(=O)C(C)(C)C)CCC(C)(O)CC1. The predicted molar refractivity (Wildman–Crippen MR) is 81.4 cm³/mol. The second-order valence-electron chi connectivity index (χ2n) is 8.37. The third-order valence-electron chi connectivity index (χ3n) is 5.15. The number of aliphatic hydroxyl groups is 1. The number of hydrogen-bond donors (Lipinski definition) is 1. The summed E-state index contributed by atoms with van der Waals surface area (Å²) in [6, 6.07) is 0. The number of carbonyl (C=O) groups excluding carboxylic acids is 1. The van der Waals surface area contributed by atoms with Gasteiger partial charge in [-0.15, -0.1) is 0 Å². The van der Waals surface area contributed by atoms with Gasteiger partial charge in [-0.25, -0.2) is 0 Å². The first-order valence-corrected chi connectivity index (χ1v) is 7.81. The zero-order chi connectivity index (χ0) is 15.8. The molecule has 0 amide bonds. The van der Waals surface area contributed by atoms with Gasteiger partial charge in [0.2, 0.25) is 0 Å². The number of hydrogen-bond acceptors (Lipinski definition) is 3. The van der Waals surface area contributed by atoms with Crippen LogP contribution in [0.15, 0.2) is 0 Å². The van der Waals surface area contributed by atoms with Crippen molar-refractivity contribution in [3.8, 4) is 0 Å². The lowest BCUT2D eigenvalue weighted by atomic mass is 9.63. The van der Waals surface area contributed by atoms with Crippen molar-refractivity contribution in [3.05, 3.63) is 0 Å². The van der Waals surface area contributed by atoms with Crippen molar-refractivity contribution in [3.63, 3.8) is 0 Å². The molecule has 1 aliphatic carbocycles. The summed E-state index contributed by atoms with van der Waals surface area (Å²) in [6.07, 6.45) is 3.81. The molecule has 0 spiro atoms. The summed E-state index contributed by atoms with van der Waals surface area (Å²) >= 11 is 0. The van der Waals surface area contributed by atoms with E-state index in [4.69, 9.17) is 4.74 Å². The topological polar surface area (TPSA) is 46.5 Å². The predicted octanol–water partition coefficient (Wildman–Crippen LogP) is 4.08. The van der Waals surface area contributed by atoms with Crippen LogP contribution >= 0.6 is 0 Å². The quantitative estimate of drug-likeness (QED) is 0.794. The van der Waals surface area contributed by atoms with E-state index < -0.39 is 16.6 Å². The summed E-state index contributed by atoms with van der Waals surface area (Å²) < 4.78 is 6.04. The molecule has 0 aromatic heterocycles. The van der Waals surface area contributed by atoms with E-state index in [-0.39, 0.29) is 11.4 Å². The van der Waals surface area contributed by atoms with E-state index in [0.717, 1.165) is 19.3 Å². The summed E-state index contributed by atoms with van der Waals surface area (Å²) in [5.41, 5.74) is -1.64. The van der Waals surface area contributed by atoms with Crippen molar-refractivity contribution in [2.24, 2.45) is 10.8 Å². The molecule has 0 aromatic carbocycles. The van der Waals surface area contributed by atoms with Crippen LogP contribution in [0.5, 0.6) is 0 Å². The molecule has 0 atom stereocenters. The Morgan fingerprint density at radius 1 is 1.10 bits per heavy atom. The van der Waals surface area contributed by atoms with Crippen molar-refractivity contribution < 1.29 is 14.6 Å². The van der Waals surface area contributed by atoms with Crippen molar-refractivity contribution in [2.45, 2.75) is 91.8 Å². The first-order valence-electron chi connectivity index (χ1n) is 7.81. The summed E-state index contributed by atoms with van der Waals surface area (Å²) in [7, 11) is 0. The molecule has 1 saturated carbocycles. The fourth-order valence-corrected chi connectivity index (χ4v) is 2.76. The molecule has 0 bridgehead atoms. The lowest BCUT2D eigenvalue weighted by molar-refractivity contribution is -0.199. The van der Waals surface area contributed by atoms with Crippen molar-refractivity contribution in [1.82, 2.24) is 0 Å². The van der Waals surface area contributed by atoms with Crippen LogP contribution in [0.2, 0.25) is 0 Å². The normalized spacial score (nSPS) is 32.0. The third kappa shape index (κ3) is 3.55. The van der Waals surface area contributed by atoms with Gasteiger partial charge in [0.05, 0.1) is 11.0 Å². The van der Waals surface area contributed by atoms with E-state index in [1.165, 1.54) is 0 Å². The number of ether oxygens (including phenoxy) is 1. The van der Waals surface area contributed by atoms with E-state index in [0.29, 0.717) is 12.8 Å². The third-order valence-corrected chi connectivity index (χ3v) is 5.15. The van der Waals surface area contributed by atoms with Crippen molar-refractivity contribution >= 4 is 5.97 Å². The Kier molecular flexibility index (Phi) is 4.65. The molecule has 0 unspecified atom stereocenters. The minimum atomic E-state index is -0.624. The van der Waals surface area contributed by atoms with Gasteiger partial charge in [-0.05, 0) is 59.8 Å². The van der Waals surface area contributed by atoms with E-state index in [1.54, 1.807) is 0 Å². The fourth-order valence-electron chi connectivity index (χ4n) is 2.76. The molecule has 0 aromatic rings. The van der Waals surface area contributed by atoms with Gasteiger partial charge in [0.25, 0.3) is 0 Å². The Labute approximate surface area is 124 Å². The Balaban J connectivity index is 3.02. The van der Waals surface area contributed by atoms with Gasteiger partial charge >= 0.3 is 5.97 Å². The van der Waals surface area contributed by atoms with Gasteiger partial charge in [-0.2, -0.15) is 0 Å². The molecule has 1 fully saturated rings. The highest BCUT2D eigenvalue weighted by Gasteiger charge is 2.52. The average Bonchev–Trinajstić information content (AvgIpc) is 2.30. The molecule has 118 valence electrons. The molecule has 0 heterocycles. The van der Waals surface area contributed by atoms with Crippen LogP contribution in [0.4, 0.5) is 0 Å². The molecule has 20 heavy (non-hydrogen) atoms. The largest absolute Gasteiger partial charge is 0.458 e. The summed E-state index contributed by atoms with van der Waals surface area (Å²) in [5.74, 6) is -0.138. The number of carbonyl (C=O) groups is 1. The summed E-state index contributed by atoms with van der Waals surface area (Å²) in [6.45, 7) is 14.0. The van der Waals surface area contributed by atoms with Gasteiger partial charge in [0.15, 0.2) is 0 Å². The maximum absolute atomic E-state index is 12.4. The molecule has 1 N–H and O–H groups in total. The van der Waals surface area contributed by atoms with Crippen LogP contribution in [0.25, 0.3) is 0 Å². The van der Waals surface area contributed by atoms with Crippen molar-refractivity contribution in [2.75, 3.05) is 0 Å². The Bertz CT molecular complexity index is 351. The van der Waals surface area contributed by atoms with Crippen molar-refractivity contribution in [1.29, 1.82) is 0 Å². The molecule has 3 nitrogen and oxygen atoms in total. The molecular formula is C17H32O3. The van der Waals surface area contributed by atoms with Gasteiger partial charge in [0.1, 0.15) is 5.60 Å². The smallest absolute Gasteiger partial charge is 0.311 e. The molecular weight excluding hydrogens is 252 g/mol. The van der Waals surface area contributed by atoms with Crippen LogP contribution in [0.3, 0.4) is 0 Å². The second kappa shape index (κ2) is 5.32. The second-order valence-corrected chi connectivity index (χ2v) is 8.37.